The number of aliphatic imine (C=N–C) groups is 1. The minimum Gasteiger partial charge on any atom is -0.396 e. The lowest BCUT2D eigenvalue weighted by Gasteiger charge is -2.19. The maximum Gasteiger partial charge on any atom is 0.261 e. The fourth-order valence-electron chi connectivity index (χ4n) is 3.11. The van der Waals surface area contributed by atoms with Gasteiger partial charge in [-0.1, -0.05) is 45.0 Å². The third-order valence-electron chi connectivity index (χ3n) is 4.72. The van der Waals surface area contributed by atoms with E-state index in [0.29, 0.717) is 29.3 Å². The van der Waals surface area contributed by atoms with Gasteiger partial charge in [0.25, 0.3) is 10.0 Å². The first-order chi connectivity index (χ1) is 14.6. The molecule has 0 heterocycles. The van der Waals surface area contributed by atoms with Crippen LogP contribution >= 0.6 is 0 Å². The number of rotatable bonds is 9. The van der Waals surface area contributed by atoms with E-state index in [1.54, 1.807) is 43.3 Å². The van der Waals surface area contributed by atoms with Crippen molar-refractivity contribution in [1.82, 2.24) is 0 Å². The number of isocyanates is 1. The molecule has 8 heteroatoms. The van der Waals surface area contributed by atoms with Gasteiger partial charge in [-0.15, -0.1) is 0 Å². The van der Waals surface area contributed by atoms with Gasteiger partial charge in [0.1, 0.15) is 6.61 Å². The third-order valence-corrected chi connectivity index (χ3v) is 6.09. The molecule has 0 aliphatic rings. The molecule has 0 amide bonds. The molecule has 2 aromatic rings. The van der Waals surface area contributed by atoms with Crippen LogP contribution in [0.1, 0.15) is 70.1 Å². The Bertz CT molecular complexity index is 1090. The van der Waals surface area contributed by atoms with Crippen LogP contribution in [0.2, 0.25) is 0 Å². The van der Waals surface area contributed by atoms with Crippen molar-refractivity contribution in [2.75, 3.05) is 11.3 Å². The molecule has 0 aliphatic heterocycles. The van der Waals surface area contributed by atoms with Gasteiger partial charge in [0.15, 0.2) is 0 Å². The minimum absolute atomic E-state index is 0.0369. The van der Waals surface area contributed by atoms with Crippen molar-refractivity contribution in [3.8, 4) is 0 Å². The maximum absolute atomic E-state index is 13.1. The van der Waals surface area contributed by atoms with Crippen molar-refractivity contribution < 1.29 is 18.0 Å². The van der Waals surface area contributed by atoms with Gasteiger partial charge in [-0.05, 0) is 61.1 Å². The summed E-state index contributed by atoms with van der Waals surface area (Å²) in [6, 6.07) is 9.95. The number of anilines is 1. The normalized spacial score (nSPS) is 12.1. The summed E-state index contributed by atoms with van der Waals surface area (Å²) in [4.78, 5) is 20.0. The predicted octanol–water partition coefficient (Wildman–Crippen LogP) is 5.46. The maximum atomic E-state index is 13.1. The number of benzene rings is 2. The lowest BCUT2D eigenvalue weighted by molar-refractivity contribution is 0.159. The summed E-state index contributed by atoms with van der Waals surface area (Å²) in [7, 11) is -3.85. The van der Waals surface area contributed by atoms with Crippen LogP contribution in [0.25, 0.3) is 0 Å². The molecule has 166 valence electrons. The van der Waals surface area contributed by atoms with E-state index in [0.717, 1.165) is 11.1 Å². The van der Waals surface area contributed by atoms with Crippen LogP contribution in [0.4, 0.5) is 11.4 Å². The van der Waals surface area contributed by atoms with Gasteiger partial charge >= 0.3 is 0 Å². The topological polar surface area (TPSA) is 97.2 Å². The van der Waals surface area contributed by atoms with Crippen LogP contribution in [0.3, 0.4) is 0 Å². The van der Waals surface area contributed by atoms with Crippen LogP contribution in [-0.2, 0) is 19.7 Å². The number of sulfonamides is 1. The molecule has 0 saturated carbocycles. The highest BCUT2D eigenvalue weighted by Gasteiger charge is 2.20. The quantitative estimate of drug-likeness (QED) is 0.316. The molecule has 1 N–H and O–H groups in total. The van der Waals surface area contributed by atoms with Crippen molar-refractivity contribution in [2.24, 2.45) is 10.1 Å². The highest BCUT2D eigenvalue weighted by molar-refractivity contribution is 7.92. The first kappa shape index (κ1) is 24.3. The Morgan fingerprint density at radius 1 is 1.10 bits per heavy atom. The number of hydrogen-bond donors (Lipinski definition) is 1. The Morgan fingerprint density at radius 3 is 2.23 bits per heavy atom. The van der Waals surface area contributed by atoms with Crippen molar-refractivity contribution in [3.63, 3.8) is 0 Å². The van der Waals surface area contributed by atoms with E-state index in [1.807, 2.05) is 34.6 Å². The molecule has 31 heavy (non-hydrogen) atoms. The van der Waals surface area contributed by atoms with E-state index < -0.39 is 10.0 Å². The average Bonchev–Trinajstić information content (AvgIpc) is 2.72. The molecule has 2 aromatic carbocycles. The number of hydrogen-bond acceptors (Lipinski definition) is 6. The van der Waals surface area contributed by atoms with Crippen LogP contribution in [0.5, 0.6) is 0 Å². The molecule has 0 bridgehead atoms. The summed E-state index contributed by atoms with van der Waals surface area (Å²) in [6.45, 7) is 11.9. The summed E-state index contributed by atoms with van der Waals surface area (Å²) in [5, 5.41) is 3.97. The first-order valence-corrected chi connectivity index (χ1v) is 11.6. The lowest BCUT2D eigenvalue weighted by atomic mass is 9.92. The number of nitrogens with one attached hydrogen (secondary N) is 1. The fraction of sp³-hybridized carbons (Fsp3) is 0.391. The van der Waals surface area contributed by atoms with Gasteiger partial charge in [-0.2, -0.15) is 4.99 Å². The number of oxime groups is 1. The van der Waals surface area contributed by atoms with Crippen LogP contribution in [0.15, 0.2) is 51.4 Å². The molecule has 0 fully saturated rings. The van der Waals surface area contributed by atoms with E-state index >= 15 is 0 Å². The van der Waals surface area contributed by atoms with Crippen molar-refractivity contribution >= 4 is 33.2 Å². The smallest absolute Gasteiger partial charge is 0.261 e. The molecular weight excluding hydrogens is 414 g/mol. The first-order valence-electron chi connectivity index (χ1n) is 10.2. The van der Waals surface area contributed by atoms with E-state index in [-0.39, 0.29) is 16.7 Å². The molecule has 0 aliphatic carbocycles. The summed E-state index contributed by atoms with van der Waals surface area (Å²) in [6.07, 6.45) is 1.61. The second-order valence-electron chi connectivity index (χ2n) is 7.74. The Kier molecular flexibility index (Phi) is 8.14. The molecule has 7 nitrogen and oxygen atoms in total. The molecular formula is C23H29N3O4S. The Morgan fingerprint density at radius 2 is 1.71 bits per heavy atom. The highest BCUT2D eigenvalue weighted by Crippen LogP contribution is 2.38. The number of carbonyl (C=O) groups excluding carboxylic acids is 1. The summed E-state index contributed by atoms with van der Waals surface area (Å²) in [5.74, 6) is 0.0737. The third kappa shape index (κ3) is 6.03. The lowest BCUT2D eigenvalue weighted by Crippen LogP contribution is -2.14. The van der Waals surface area contributed by atoms with E-state index in [1.165, 1.54) is 6.07 Å². The van der Waals surface area contributed by atoms with Crippen LogP contribution < -0.4 is 4.72 Å². The second-order valence-corrected chi connectivity index (χ2v) is 9.43. The largest absolute Gasteiger partial charge is 0.396 e. The zero-order chi connectivity index (χ0) is 23.2. The monoisotopic (exact) mass is 443 g/mol. The van der Waals surface area contributed by atoms with Crippen molar-refractivity contribution in [1.29, 1.82) is 0 Å². The zero-order valence-corrected chi connectivity index (χ0v) is 19.6. The Balaban J connectivity index is 2.51. The van der Waals surface area contributed by atoms with Gasteiger partial charge < -0.3 is 4.84 Å². The summed E-state index contributed by atoms with van der Waals surface area (Å²) < 4.78 is 28.9. The molecule has 0 saturated heterocycles. The molecule has 0 unspecified atom stereocenters. The standard InChI is InChI=1S/C23H29N3O4S/c1-7-30-25-17(6)18-9-8-10-20(11-18)31(28,29)26-19-12-21(15(2)3)23(24-14-27)22(13-19)16(4)5/h8-13,15-16,26H,7H2,1-6H3. The van der Waals surface area contributed by atoms with Crippen molar-refractivity contribution in [3.05, 3.63) is 53.1 Å². The van der Waals surface area contributed by atoms with E-state index in [9.17, 15) is 13.2 Å². The van der Waals surface area contributed by atoms with E-state index in [4.69, 9.17) is 4.84 Å². The van der Waals surface area contributed by atoms with Gasteiger partial charge in [0, 0.05) is 11.3 Å². The van der Waals surface area contributed by atoms with Crippen molar-refractivity contribution in [2.45, 2.75) is 58.3 Å². The zero-order valence-electron chi connectivity index (χ0n) is 18.8. The molecule has 0 spiro atoms. The second kappa shape index (κ2) is 10.4. The Hall–Kier alpha value is -2.96. The SMILES string of the molecule is CCON=C(C)c1cccc(S(=O)(=O)Nc2cc(C(C)C)c(N=C=O)c(C(C)C)c2)c1. The predicted molar refractivity (Wildman–Crippen MR) is 123 cm³/mol. The van der Waals surface area contributed by atoms with Gasteiger partial charge in [-0.25, -0.2) is 13.2 Å². The van der Waals surface area contributed by atoms with E-state index in [2.05, 4.69) is 14.9 Å². The fourth-order valence-corrected chi connectivity index (χ4v) is 4.20. The molecule has 0 radical (unpaired) electrons. The Labute approximate surface area is 184 Å². The molecule has 0 aromatic heterocycles. The average molecular weight is 444 g/mol. The number of nitrogens with zero attached hydrogens (tertiary/aromatic N) is 2. The molecule has 2 rings (SSSR count). The van der Waals surface area contributed by atoms with Gasteiger partial charge in [0.2, 0.25) is 6.08 Å². The highest BCUT2D eigenvalue weighted by atomic mass is 32.2. The van der Waals surface area contributed by atoms with Gasteiger partial charge in [-0.3, -0.25) is 4.72 Å². The summed E-state index contributed by atoms with van der Waals surface area (Å²) in [5.41, 5.74) is 3.76. The summed E-state index contributed by atoms with van der Waals surface area (Å²) >= 11 is 0. The van der Waals surface area contributed by atoms with Crippen LogP contribution in [0, 0.1) is 0 Å². The molecule has 0 atom stereocenters. The van der Waals surface area contributed by atoms with Gasteiger partial charge in [0.05, 0.1) is 16.3 Å². The van der Waals surface area contributed by atoms with Crippen LogP contribution in [-0.4, -0.2) is 26.8 Å². The minimum atomic E-state index is -3.85.